The topological polar surface area (TPSA) is 80.9 Å². The predicted molar refractivity (Wildman–Crippen MR) is 121 cm³/mol. The third kappa shape index (κ3) is 3.60. The van der Waals surface area contributed by atoms with E-state index in [-0.39, 0.29) is 29.7 Å². The van der Waals surface area contributed by atoms with Gasteiger partial charge in [-0.1, -0.05) is 19.9 Å². The summed E-state index contributed by atoms with van der Waals surface area (Å²) in [6.07, 6.45) is 2.54. The summed E-state index contributed by atoms with van der Waals surface area (Å²) in [5.41, 5.74) is 2.77. The van der Waals surface area contributed by atoms with Crippen molar-refractivity contribution in [3.8, 4) is 11.4 Å². The number of hydrogen-bond donors (Lipinski definition) is 2. The van der Waals surface area contributed by atoms with Crippen LogP contribution in [0, 0.1) is 5.82 Å². The van der Waals surface area contributed by atoms with Gasteiger partial charge in [0.25, 0.3) is 0 Å². The summed E-state index contributed by atoms with van der Waals surface area (Å²) < 4.78 is 28.0. The van der Waals surface area contributed by atoms with Crippen LogP contribution in [0.4, 0.5) is 4.39 Å². The highest BCUT2D eigenvalue weighted by molar-refractivity contribution is 5.94. The van der Waals surface area contributed by atoms with E-state index in [2.05, 4.69) is 18.4 Å². The molecule has 174 valence electrons. The number of phenols is 1. The minimum atomic E-state index is -0.972. The Morgan fingerprint density at radius 1 is 1.18 bits per heavy atom. The summed E-state index contributed by atoms with van der Waals surface area (Å²) in [7, 11) is 0. The molecule has 7 heteroatoms. The molecule has 2 aliphatic rings. The van der Waals surface area contributed by atoms with Gasteiger partial charge in [0.05, 0.1) is 23.8 Å². The number of benzene rings is 2. The highest BCUT2D eigenvalue weighted by Crippen LogP contribution is 2.54. The SMILES string of the molecule is CC1(C)CO[C@]2(CC[C@@H](OCC(=O)O)CC2)c2c1n(-c1ccc(F)cc1)c1cccc(O)c12. The van der Waals surface area contributed by atoms with Gasteiger partial charge in [0, 0.05) is 27.7 Å². The van der Waals surface area contributed by atoms with Crippen LogP contribution in [0.25, 0.3) is 16.6 Å². The Morgan fingerprint density at radius 3 is 2.55 bits per heavy atom. The lowest BCUT2D eigenvalue weighted by Gasteiger charge is -2.47. The van der Waals surface area contributed by atoms with Crippen LogP contribution in [-0.2, 0) is 25.3 Å². The average Bonchev–Trinajstić information content (AvgIpc) is 3.16. The zero-order chi connectivity index (χ0) is 23.4. The summed E-state index contributed by atoms with van der Waals surface area (Å²) in [6, 6.07) is 11.9. The van der Waals surface area contributed by atoms with Crippen molar-refractivity contribution in [3.63, 3.8) is 0 Å². The lowest BCUT2D eigenvalue weighted by molar-refractivity contribution is -0.150. The van der Waals surface area contributed by atoms with E-state index < -0.39 is 11.6 Å². The lowest BCUT2D eigenvalue weighted by atomic mass is 9.71. The Hall–Kier alpha value is -2.90. The van der Waals surface area contributed by atoms with E-state index >= 15 is 0 Å². The molecule has 1 aliphatic carbocycles. The van der Waals surface area contributed by atoms with Gasteiger partial charge >= 0.3 is 5.97 Å². The molecule has 1 fully saturated rings. The van der Waals surface area contributed by atoms with Crippen molar-refractivity contribution in [2.45, 2.75) is 56.7 Å². The van der Waals surface area contributed by atoms with Gasteiger partial charge in [0.15, 0.2) is 0 Å². The molecule has 1 aliphatic heterocycles. The highest BCUT2D eigenvalue weighted by Gasteiger charge is 2.50. The van der Waals surface area contributed by atoms with Gasteiger partial charge in [-0.2, -0.15) is 0 Å². The van der Waals surface area contributed by atoms with Gasteiger partial charge in [-0.15, -0.1) is 0 Å². The molecule has 2 aromatic carbocycles. The molecule has 0 radical (unpaired) electrons. The molecule has 6 nitrogen and oxygen atoms in total. The number of ether oxygens (including phenoxy) is 2. The quantitative estimate of drug-likeness (QED) is 0.580. The maximum absolute atomic E-state index is 13.7. The zero-order valence-electron chi connectivity index (χ0n) is 18.8. The van der Waals surface area contributed by atoms with E-state index in [4.69, 9.17) is 14.6 Å². The second-order valence-corrected chi connectivity index (χ2v) is 9.78. The van der Waals surface area contributed by atoms with Crippen molar-refractivity contribution in [1.82, 2.24) is 4.57 Å². The number of rotatable bonds is 4. The number of aromatic hydroxyl groups is 1. The summed E-state index contributed by atoms with van der Waals surface area (Å²) in [5.74, 6) is -1.08. The third-order valence-electron chi connectivity index (χ3n) is 7.05. The van der Waals surface area contributed by atoms with Crippen molar-refractivity contribution in [3.05, 3.63) is 59.5 Å². The first-order valence-corrected chi connectivity index (χ1v) is 11.3. The normalized spacial score (nSPS) is 24.2. The lowest BCUT2D eigenvalue weighted by Crippen LogP contribution is -2.46. The number of halogens is 1. The van der Waals surface area contributed by atoms with Gasteiger partial charge in [0.1, 0.15) is 18.2 Å². The Labute approximate surface area is 191 Å². The highest BCUT2D eigenvalue weighted by atomic mass is 19.1. The molecule has 3 aromatic rings. The van der Waals surface area contributed by atoms with Gasteiger partial charge < -0.3 is 24.3 Å². The zero-order valence-corrected chi connectivity index (χ0v) is 18.8. The van der Waals surface area contributed by atoms with E-state index in [1.54, 1.807) is 18.2 Å². The molecule has 33 heavy (non-hydrogen) atoms. The fourth-order valence-electron chi connectivity index (χ4n) is 5.53. The van der Waals surface area contributed by atoms with Crippen LogP contribution in [0.15, 0.2) is 42.5 Å². The van der Waals surface area contributed by atoms with E-state index in [9.17, 15) is 14.3 Å². The molecular weight excluding hydrogens is 425 g/mol. The first-order valence-electron chi connectivity index (χ1n) is 11.3. The van der Waals surface area contributed by atoms with Crippen LogP contribution >= 0.6 is 0 Å². The van der Waals surface area contributed by atoms with E-state index in [0.29, 0.717) is 32.3 Å². The van der Waals surface area contributed by atoms with E-state index in [0.717, 1.165) is 27.8 Å². The molecule has 1 saturated carbocycles. The maximum Gasteiger partial charge on any atom is 0.329 e. The molecule has 2 heterocycles. The number of carboxylic acids is 1. The Balaban J connectivity index is 1.69. The van der Waals surface area contributed by atoms with Crippen molar-refractivity contribution in [2.24, 2.45) is 0 Å². The summed E-state index contributed by atoms with van der Waals surface area (Å²) in [5, 5.41) is 20.7. The molecule has 1 aromatic heterocycles. The first-order chi connectivity index (χ1) is 15.7. The van der Waals surface area contributed by atoms with Crippen LogP contribution in [0.1, 0.15) is 50.8 Å². The van der Waals surface area contributed by atoms with Gasteiger partial charge in [0.2, 0.25) is 0 Å². The van der Waals surface area contributed by atoms with E-state index in [1.807, 2.05) is 12.1 Å². The van der Waals surface area contributed by atoms with Crippen LogP contribution < -0.4 is 0 Å². The van der Waals surface area contributed by atoms with Crippen molar-refractivity contribution in [2.75, 3.05) is 13.2 Å². The molecule has 0 saturated heterocycles. The van der Waals surface area contributed by atoms with Gasteiger partial charge in [-0.25, -0.2) is 9.18 Å². The maximum atomic E-state index is 13.7. The van der Waals surface area contributed by atoms with Crippen LogP contribution in [0.2, 0.25) is 0 Å². The number of fused-ring (bicyclic) bond motifs is 4. The summed E-state index contributed by atoms with van der Waals surface area (Å²) in [6.45, 7) is 4.44. The van der Waals surface area contributed by atoms with Crippen molar-refractivity contribution < 1.29 is 28.9 Å². The van der Waals surface area contributed by atoms with Crippen LogP contribution in [0.3, 0.4) is 0 Å². The van der Waals surface area contributed by atoms with Gasteiger partial charge in [-0.05, 0) is 62.1 Å². The number of carbonyl (C=O) groups is 1. The molecule has 0 unspecified atom stereocenters. The smallest absolute Gasteiger partial charge is 0.329 e. The molecule has 2 N–H and O–H groups in total. The predicted octanol–water partition coefficient (Wildman–Crippen LogP) is 5.02. The Bertz CT molecular complexity index is 1210. The second-order valence-electron chi connectivity index (χ2n) is 9.78. The number of phenolic OH excluding ortho intramolecular Hbond substituents is 1. The number of aromatic nitrogens is 1. The van der Waals surface area contributed by atoms with Crippen LogP contribution in [-0.4, -0.2) is 40.1 Å². The fourth-order valence-corrected chi connectivity index (χ4v) is 5.53. The number of aliphatic carboxylic acids is 1. The minimum Gasteiger partial charge on any atom is -0.507 e. The van der Waals surface area contributed by atoms with E-state index in [1.165, 1.54) is 12.1 Å². The minimum absolute atomic E-state index is 0.132. The summed E-state index contributed by atoms with van der Waals surface area (Å²) >= 11 is 0. The average molecular weight is 454 g/mol. The third-order valence-corrected chi connectivity index (χ3v) is 7.05. The number of hydrogen-bond acceptors (Lipinski definition) is 4. The standard InChI is InChI=1S/C26H28FNO5/c1-25(2)15-33-26(12-10-18(11-13-26)32-14-21(30)31)23-22-19(4-3-5-20(22)29)28(24(23)25)17-8-6-16(27)7-9-17/h3-9,18,29H,10-15H2,1-2H3,(H,30,31)/t18-,26+. The fraction of sp³-hybridized carbons (Fsp3) is 0.423. The largest absolute Gasteiger partial charge is 0.507 e. The molecular formula is C26H28FNO5. The Morgan fingerprint density at radius 2 is 1.88 bits per heavy atom. The van der Waals surface area contributed by atoms with Crippen molar-refractivity contribution in [1.29, 1.82) is 0 Å². The molecule has 0 amide bonds. The molecule has 1 spiro atoms. The molecule has 5 rings (SSSR count). The second kappa shape index (κ2) is 7.85. The summed E-state index contributed by atoms with van der Waals surface area (Å²) in [4.78, 5) is 10.9. The van der Waals surface area contributed by atoms with Gasteiger partial charge in [-0.3, -0.25) is 0 Å². The number of nitrogens with zero attached hydrogens (tertiary/aromatic N) is 1. The monoisotopic (exact) mass is 453 g/mol. The molecule has 0 atom stereocenters. The Kier molecular flexibility index (Phi) is 5.21. The first kappa shape index (κ1) is 21.9. The van der Waals surface area contributed by atoms with Crippen molar-refractivity contribution >= 4 is 16.9 Å². The molecule has 0 bridgehead atoms. The van der Waals surface area contributed by atoms with Crippen LogP contribution in [0.5, 0.6) is 5.75 Å². The number of carboxylic acid groups (broad SMARTS) is 1.